The lowest BCUT2D eigenvalue weighted by Crippen LogP contribution is -2.21. The number of ether oxygens (including phenoxy) is 1. The molecule has 0 saturated heterocycles. The van der Waals surface area contributed by atoms with E-state index in [0.29, 0.717) is 6.61 Å². The molecule has 16 heavy (non-hydrogen) atoms. The van der Waals surface area contributed by atoms with Gasteiger partial charge < -0.3 is 4.74 Å². The summed E-state index contributed by atoms with van der Waals surface area (Å²) in [6.45, 7) is 5.89. The lowest BCUT2D eigenvalue weighted by molar-refractivity contribution is 0.106. The number of thioether (sulfide) groups is 1. The van der Waals surface area contributed by atoms with Crippen molar-refractivity contribution in [3.8, 4) is 0 Å². The Morgan fingerprint density at radius 3 is 2.25 bits per heavy atom. The third kappa shape index (κ3) is 4.89. The van der Waals surface area contributed by atoms with Crippen LogP contribution in [0.25, 0.3) is 0 Å². The summed E-state index contributed by atoms with van der Waals surface area (Å²) in [6, 6.07) is 8.52. The van der Waals surface area contributed by atoms with E-state index in [9.17, 15) is 0 Å². The molecular formula is C13H19BrOS. The molecule has 0 aliphatic carbocycles. The van der Waals surface area contributed by atoms with Crippen molar-refractivity contribution in [2.75, 3.05) is 12.9 Å². The number of rotatable bonds is 6. The molecule has 0 heterocycles. The van der Waals surface area contributed by atoms with E-state index in [1.165, 1.54) is 11.1 Å². The largest absolute Gasteiger partial charge is 0.375 e. The molecule has 0 fully saturated rings. The second-order valence-corrected chi connectivity index (χ2v) is 6.48. The molecule has 0 spiro atoms. The van der Waals surface area contributed by atoms with Crippen LogP contribution in [0.4, 0.5) is 0 Å². The summed E-state index contributed by atoms with van der Waals surface area (Å²) in [6.07, 6.45) is 2.12. The molecule has 0 amide bonds. The normalized spacial score (nSPS) is 11.8. The quantitative estimate of drug-likeness (QED) is 0.727. The van der Waals surface area contributed by atoms with Gasteiger partial charge in [-0.2, -0.15) is 11.8 Å². The Bertz CT molecular complexity index is 308. The molecule has 0 aromatic heterocycles. The fraction of sp³-hybridized carbons (Fsp3) is 0.538. The van der Waals surface area contributed by atoms with Crippen LogP contribution in [0.1, 0.15) is 25.0 Å². The number of hydrogen-bond donors (Lipinski definition) is 0. The topological polar surface area (TPSA) is 9.23 Å². The Balaban J connectivity index is 2.37. The van der Waals surface area contributed by atoms with Gasteiger partial charge in [0, 0.05) is 10.1 Å². The maximum absolute atomic E-state index is 5.72. The summed E-state index contributed by atoms with van der Waals surface area (Å²) >= 11 is 5.27. The Morgan fingerprint density at radius 1 is 1.19 bits per heavy atom. The van der Waals surface area contributed by atoms with Crippen molar-refractivity contribution < 1.29 is 4.74 Å². The van der Waals surface area contributed by atoms with Crippen LogP contribution >= 0.6 is 27.7 Å². The molecule has 0 bridgehead atoms. The molecule has 0 saturated carbocycles. The average Bonchev–Trinajstić information content (AvgIpc) is 2.30. The average molecular weight is 303 g/mol. The molecule has 90 valence electrons. The van der Waals surface area contributed by atoms with E-state index in [0.717, 1.165) is 11.9 Å². The summed E-state index contributed by atoms with van der Waals surface area (Å²) in [7, 11) is 0. The lowest BCUT2D eigenvalue weighted by atomic mass is 10.2. The van der Waals surface area contributed by atoms with Crippen molar-refractivity contribution in [1.29, 1.82) is 0 Å². The van der Waals surface area contributed by atoms with Crippen molar-refractivity contribution in [2.45, 2.75) is 30.5 Å². The van der Waals surface area contributed by atoms with Gasteiger partial charge in [0.1, 0.15) is 0 Å². The van der Waals surface area contributed by atoms with Crippen LogP contribution in [0.2, 0.25) is 0 Å². The zero-order chi connectivity index (χ0) is 12.0. The van der Waals surface area contributed by atoms with Crippen molar-refractivity contribution in [2.24, 2.45) is 0 Å². The van der Waals surface area contributed by atoms with Gasteiger partial charge in [-0.3, -0.25) is 0 Å². The van der Waals surface area contributed by atoms with Crippen LogP contribution in [-0.2, 0) is 16.7 Å². The molecule has 3 heteroatoms. The molecule has 1 aromatic carbocycles. The fourth-order valence-electron chi connectivity index (χ4n) is 1.20. The number of halogens is 1. The van der Waals surface area contributed by atoms with Crippen molar-refractivity contribution in [3.05, 3.63) is 35.4 Å². The van der Waals surface area contributed by atoms with Gasteiger partial charge in [0.15, 0.2) is 0 Å². The molecule has 1 nitrogen and oxygen atoms in total. The number of alkyl halides is 1. The van der Waals surface area contributed by atoms with Gasteiger partial charge in [-0.1, -0.05) is 40.2 Å². The van der Waals surface area contributed by atoms with E-state index < -0.39 is 0 Å². The summed E-state index contributed by atoms with van der Waals surface area (Å²) in [4.78, 5) is 0. The molecule has 1 aromatic rings. The van der Waals surface area contributed by atoms with E-state index >= 15 is 0 Å². The van der Waals surface area contributed by atoms with Gasteiger partial charge in [0.25, 0.3) is 0 Å². The first-order valence-corrected chi connectivity index (χ1v) is 7.69. The highest BCUT2D eigenvalue weighted by Crippen LogP contribution is 2.21. The lowest BCUT2D eigenvalue weighted by Gasteiger charge is -2.21. The SMILES string of the molecule is CSC(C)(C)COCc1ccc(CBr)cc1. The Labute approximate surface area is 111 Å². The highest BCUT2D eigenvalue weighted by Gasteiger charge is 2.15. The van der Waals surface area contributed by atoms with Crippen molar-refractivity contribution >= 4 is 27.7 Å². The second-order valence-electron chi connectivity index (χ2n) is 4.41. The summed E-state index contributed by atoms with van der Waals surface area (Å²) in [5, 5.41) is 0.910. The van der Waals surface area contributed by atoms with Crippen LogP contribution in [0.5, 0.6) is 0 Å². The van der Waals surface area contributed by atoms with Crippen LogP contribution < -0.4 is 0 Å². The molecule has 0 aliphatic heterocycles. The minimum absolute atomic E-state index is 0.204. The zero-order valence-electron chi connectivity index (χ0n) is 10.1. The molecule has 1 rings (SSSR count). The second kappa shape index (κ2) is 6.67. The van der Waals surface area contributed by atoms with E-state index in [1.54, 1.807) is 0 Å². The van der Waals surface area contributed by atoms with E-state index in [4.69, 9.17) is 4.74 Å². The van der Waals surface area contributed by atoms with Crippen LogP contribution in [0, 0.1) is 0 Å². The molecule has 0 atom stereocenters. The first-order valence-electron chi connectivity index (χ1n) is 5.34. The van der Waals surface area contributed by atoms with Crippen LogP contribution in [0.15, 0.2) is 24.3 Å². The standard InChI is InChI=1S/C13H19BrOS/c1-13(2,16-3)10-15-9-12-6-4-11(8-14)5-7-12/h4-7H,8-10H2,1-3H3. The summed E-state index contributed by atoms with van der Waals surface area (Å²) in [5.74, 6) is 0. The highest BCUT2D eigenvalue weighted by molar-refractivity contribution is 9.08. The van der Waals surface area contributed by atoms with E-state index in [2.05, 4.69) is 60.3 Å². The predicted molar refractivity (Wildman–Crippen MR) is 76.3 cm³/mol. The highest BCUT2D eigenvalue weighted by atomic mass is 79.9. The maximum Gasteiger partial charge on any atom is 0.0717 e. The Morgan fingerprint density at radius 2 is 1.75 bits per heavy atom. The molecule has 0 radical (unpaired) electrons. The Kier molecular flexibility index (Phi) is 5.87. The van der Waals surface area contributed by atoms with Gasteiger partial charge in [-0.15, -0.1) is 0 Å². The first-order chi connectivity index (χ1) is 7.57. The molecule has 0 aliphatic rings. The van der Waals surface area contributed by atoms with Gasteiger partial charge in [0.05, 0.1) is 13.2 Å². The minimum atomic E-state index is 0.204. The van der Waals surface area contributed by atoms with Crippen LogP contribution in [0.3, 0.4) is 0 Å². The fourth-order valence-corrected chi connectivity index (χ4v) is 1.77. The van der Waals surface area contributed by atoms with Gasteiger partial charge >= 0.3 is 0 Å². The van der Waals surface area contributed by atoms with Gasteiger partial charge in [0.2, 0.25) is 0 Å². The number of hydrogen-bond acceptors (Lipinski definition) is 2. The number of benzene rings is 1. The minimum Gasteiger partial charge on any atom is -0.375 e. The monoisotopic (exact) mass is 302 g/mol. The first kappa shape index (κ1) is 14.1. The van der Waals surface area contributed by atoms with E-state index in [1.807, 2.05) is 11.8 Å². The summed E-state index contributed by atoms with van der Waals surface area (Å²) < 4.78 is 5.92. The Hall–Kier alpha value is 0.01000. The van der Waals surface area contributed by atoms with Gasteiger partial charge in [-0.25, -0.2) is 0 Å². The smallest absolute Gasteiger partial charge is 0.0717 e. The van der Waals surface area contributed by atoms with E-state index in [-0.39, 0.29) is 4.75 Å². The molecule has 0 N–H and O–H groups in total. The predicted octanol–water partition coefficient (Wildman–Crippen LogP) is 4.24. The summed E-state index contributed by atoms with van der Waals surface area (Å²) in [5.41, 5.74) is 2.54. The molecule has 0 unspecified atom stereocenters. The zero-order valence-corrected chi connectivity index (χ0v) is 12.5. The third-order valence-electron chi connectivity index (χ3n) is 2.45. The van der Waals surface area contributed by atoms with Gasteiger partial charge in [-0.05, 0) is 31.2 Å². The van der Waals surface area contributed by atoms with Crippen LogP contribution in [-0.4, -0.2) is 17.6 Å². The third-order valence-corrected chi connectivity index (χ3v) is 4.32. The molecular weight excluding hydrogens is 284 g/mol. The van der Waals surface area contributed by atoms with Crippen molar-refractivity contribution in [1.82, 2.24) is 0 Å². The maximum atomic E-state index is 5.72. The van der Waals surface area contributed by atoms with Crippen molar-refractivity contribution in [3.63, 3.8) is 0 Å².